The average Bonchev–Trinajstić information content (AvgIpc) is 2.50. The minimum Gasteiger partial charge on any atom is -0.446 e. The Kier molecular flexibility index (Phi) is 2.50. The minimum absolute atomic E-state index is 0.112. The third-order valence-corrected chi connectivity index (χ3v) is 3.13. The quantitative estimate of drug-likeness (QED) is 0.773. The van der Waals surface area contributed by atoms with E-state index in [1.807, 2.05) is 19.1 Å². The van der Waals surface area contributed by atoms with Crippen LogP contribution in [0.1, 0.15) is 25.0 Å². The number of nitrogens with one attached hydrogen (secondary N) is 1. The number of aryl methyl sites for hydroxylation is 1. The number of aliphatic hydroxyl groups is 1. The number of aliphatic hydroxyl groups excluding tert-OH is 1. The van der Waals surface area contributed by atoms with E-state index in [4.69, 9.17) is 4.42 Å². The summed E-state index contributed by atoms with van der Waals surface area (Å²) in [4.78, 5) is 0. The monoisotopic (exact) mass is 195 g/mol. The second-order valence-corrected chi connectivity index (χ2v) is 4.28. The lowest BCUT2D eigenvalue weighted by Gasteiger charge is -2.40. The maximum Gasteiger partial charge on any atom is 0.193 e. The lowest BCUT2D eigenvalue weighted by molar-refractivity contribution is 0.0572. The van der Waals surface area contributed by atoms with Crippen LogP contribution in [0.25, 0.3) is 0 Å². The summed E-state index contributed by atoms with van der Waals surface area (Å²) in [5.41, 5.74) is 0.112. The van der Waals surface area contributed by atoms with Crippen molar-refractivity contribution in [1.82, 2.24) is 0 Å². The highest BCUT2D eigenvalue weighted by Crippen LogP contribution is 2.40. The Bertz CT molecular complexity index is 296. The first-order valence-electron chi connectivity index (χ1n) is 5.15. The molecule has 0 aliphatic heterocycles. The van der Waals surface area contributed by atoms with Gasteiger partial charge in [-0.1, -0.05) is 6.42 Å². The molecule has 3 heteroatoms. The summed E-state index contributed by atoms with van der Waals surface area (Å²) >= 11 is 0. The third kappa shape index (κ3) is 1.77. The predicted octanol–water partition coefficient (Wildman–Crippen LogP) is 2.16. The van der Waals surface area contributed by atoms with Gasteiger partial charge in [-0.2, -0.15) is 0 Å². The first kappa shape index (κ1) is 9.59. The van der Waals surface area contributed by atoms with Gasteiger partial charge in [0.2, 0.25) is 0 Å². The lowest BCUT2D eigenvalue weighted by atomic mass is 9.69. The summed E-state index contributed by atoms with van der Waals surface area (Å²) < 4.78 is 5.40. The fourth-order valence-electron chi connectivity index (χ4n) is 1.87. The van der Waals surface area contributed by atoms with E-state index in [-0.39, 0.29) is 12.0 Å². The average molecular weight is 195 g/mol. The van der Waals surface area contributed by atoms with Crippen molar-refractivity contribution in [3.05, 3.63) is 17.9 Å². The summed E-state index contributed by atoms with van der Waals surface area (Å²) in [6, 6.07) is 3.87. The van der Waals surface area contributed by atoms with Crippen LogP contribution in [-0.2, 0) is 0 Å². The van der Waals surface area contributed by atoms with Gasteiger partial charge in [0.25, 0.3) is 0 Å². The molecule has 1 heterocycles. The molecule has 3 nitrogen and oxygen atoms in total. The van der Waals surface area contributed by atoms with Crippen LogP contribution in [0.2, 0.25) is 0 Å². The van der Waals surface area contributed by atoms with Crippen molar-refractivity contribution in [2.24, 2.45) is 5.41 Å². The summed E-state index contributed by atoms with van der Waals surface area (Å²) in [5.74, 6) is 1.72. The van der Waals surface area contributed by atoms with Gasteiger partial charge in [-0.25, -0.2) is 0 Å². The zero-order valence-corrected chi connectivity index (χ0v) is 8.55. The van der Waals surface area contributed by atoms with E-state index in [1.165, 1.54) is 6.42 Å². The first-order chi connectivity index (χ1) is 6.74. The molecule has 0 spiro atoms. The van der Waals surface area contributed by atoms with E-state index in [9.17, 15) is 5.11 Å². The Morgan fingerprint density at radius 2 is 2.29 bits per heavy atom. The van der Waals surface area contributed by atoms with Crippen LogP contribution < -0.4 is 5.32 Å². The molecule has 78 valence electrons. The fourth-order valence-corrected chi connectivity index (χ4v) is 1.87. The predicted molar refractivity (Wildman–Crippen MR) is 55.3 cm³/mol. The molecule has 1 aromatic heterocycles. The van der Waals surface area contributed by atoms with Crippen LogP contribution in [0.4, 0.5) is 5.88 Å². The van der Waals surface area contributed by atoms with Gasteiger partial charge in [-0.15, -0.1) is 0 Å². The molecular weight excluding hydrogens is 178 g/mol. The Labute approximate surface area is 84.1 Å². The molecule has 0 unspecified atom stereocenters. The Balaban J connectivity index is 1.87. The SMILES string of the molecule is Cc1ccc(NCC2(CO)CCC2)o1. The second-order valence-electron chi connectivity index (χ2n) is 4.28. The number of furan rings is 1. The summed E-state index contributed by atoms with van der Waals surface area (Å²) in [5, 5.41) is 12.5. The van der Waals surface area contributed by atoms with Gasteiger partial charge in [0.1, 0.15) is 5.76 Å². The number of anilines is 1. The molecule has 0 bridgehead atoms. The molecule has 1 saturated carbocycles. The molecule has 14 heavy (non-hydrogen) atoms. The smallest absolute Gasteiger partial charge is 0.193 e. The zero-order chi connectivity index (χ0) is 10.0. The van der Waals surface area contributed by atoms with Crippen molar-refractivity contribution in [2.45, 2.75) is 26.2 Å². The molecule has 0 aromatic carbocycles. The highest BCUT2D eigenvalue weighted by molar-refractivity contribution is 5.32. The molecule has 0 saturated heterocycles. The first-order valence-corrected chi connectivity index (χ1v) is 5.15. The van der Waals surface area contributed by atoms with Crippen LogP contribution in [0.15, 0.2) is 16.5 Å². The van der Waals surface area contributed by atoms with Crippen LogP contribution in [0.5, 0.6) is 0 Å². The van der Waals surface area contributed by atoms with Crippen molar-refractivity contribution in [3.8, 4) is 0 Å². The number of hydrogen-bond donors (Lipinski definition) is 2. The number of rotatable bonds is 4. The van der Waals surface area contributed by atoms with Crippen molar-refractivity contribution in [2.75, 3.05) is 18.5 Å². The Morgan fingerprint density at radius 1 is 1.50 bits per heavy atom. The maximum absolute atomic E-state index is 9.25. The van der Waals surface area contributed by atoms with Gasteiger partial charge in [-0.3, -0.25) is 0 Å². The lowest BCUT2D eigenvalue weighted by Crippen LogP contribution is -2.39. The summed E-state index contributed by atoms with van der Waals surface area (Å²) in [6.45, 7) is 3.02. The van der Waals surface area contributed by atoms with E-state index >= 15 is 0 Å². The topological polar surface area (TPSA) is 45.4 Å². The molecule has 0 radical (unpaired) electrons. The van der Waals surface area contributed by atoms with Gasteiger partial charge in [0.15, 0.2) is 5.88 Å². The fraction of sp³-hybridized carbons (Fsp3) is 0.636. The summed E-state index contributed by atoms with van der Waals surface area (Å²) in [6.07, 6.45) is 3.48. The van der Waals surface area contributed by atoms with Crippen molar-refractivity contribution in [1.29, 1.82) is 0 Å². The number of hydrogen-bond acceptors (Lipinski definition) is 3. The van der Waals surface area contributed by atoms with E-state index in [0.717, 1.165) is 31.0 Å². The molecular formula is C11H17NO2. The molecule has 2 rings (SSSR count). The van der Waals surface area contributed by atoms with Crippen molar-refractivity contribution >= 4 is 5.88 Å². The zero-order valence-electron chi connectivity index (χ0n) is 8.55. The second kappa shape index (κ2) is 3.65. The highest BCUT2D eigenvalue weighted by atomic mass is 16.4. The van der Waals surface area contributed by atoms with Gasteiger partial charge >= 0.3 is 0 Å². The largest absolute Gasteiger partial charge is 0.446 e. The molecule has 0 atom stereocenters. The molecule has 1 aromatic rings. The standard InChI is InChI=1S/C11H17NO2/c1-9-3-4-10(14-9)12-7-11(8-13)5-2-6-11/h3-4,12-13H,2,5-8H2,1H3. The van der Waals surface area contributed by atoms with E-state index < -0.39 is 0 Å². The Morgan fingerprint density at radius 3 is 2.71 bits per heavy atom. The maximum atomic E-state index is 9.25. The van der Waals surface area contributed by atoms with Gasteiger partial charge in [0, 0.05) is 18.0 Å². The molecule has 1 fully saturated rings. The third-order valence-electron chi connectivity index (χ3n) is 3.13. The van der Waals surface area contributed by atoms with Crippen LogP contribution in [0.3, 0.4) is 0 Å². The summed E-state index contributed by atoms with van der Waals surface area (Å²) in [7, 11) is 0. The van der Waals surface area contributed by atoms with Crippen LogP contribution >= 0.6 is 0 Å². The highest BCUT2D eigenvalue weighted by Gasteiger charge is 2.36. The van der Waals surface area contributed by atoms with E-state index in [2.05, 4.69) is 5.32 Å². The van der Waals surface area contributed by atoms with E-state index in [1.54, 1.807) is 0 Å². The molecule has 1 aliphatic carbocycles. The molecule has 1 aliphatic rings. The van der Waals surface area contributed by atoms with Gasteiger partial charge in [-0.05, 0) is 25.8 Å². The minimum atomic E-state index is 0.112. The normalized spacial score (nSPS) is 19.0. The molecule has 2 N–H and O–H groups in total. The van der Waals surface area contributed by atoms with Gasteiger partial charge in [0.05, 0.1) is 6.61 Å². The Hall–Kier alpha value is -0.960. The van der Waals surface area contributed by atoms with Crippen LogP contribution in [0, 0.1) is 12.3 Å². The van der Waals surface area contributed by atoms with Crippen molar-refractivity contribution in [3.63, 3.8) is 0 Å². The van der Waals surface area contributed by atoms with E-state index in [0.29, 0.717) is 0 Å². The van der Waals surface area contributed by atoms with Crippen LogP contribution in [-0.4, -0.2) is 18.3 Å². The van der Waals surface area contributed by atoms with Gasteiger partial charge < -0.3 is 14.8 Å². The molecule has 0 amide bonds. The van der Waals surface area contributed by atoms with Crippen molar-refractivity contribution < 1.29 is 9.52 Å².